The molecule has 0 aliphatic rings. The summed E-state index contributed by atoms with van der Waals surface area (Å²) >= 11 is 11.7. The van der Waals surface area contributed by atoms with Crippen molar-refractivity contribution in [2.24, 2.45) is 0 Å². The summed E-state index contributed by atoms with van der Waals surface area (Å²) in [6.07, 6.45) is 0. The minimum absolute atomic E-state index is 0.0298. The number of methoxy groups -OCH3 is 1. The molecule has 0 aliphatic heterocycles. The number of ether oxygens (including phenoxy) is 2. The molecule has 0 aliphatic carbocycles. The number of alkyl halides is 1. The Labute approximate surface area is 127 Å². The van der Waals surface area contributed by atoms with Crippen molar-refractivity contribution in [1.82, 2.24) is 0 Å². The first-order chi connectivity index (χ1) is 9.65. The van der Waals surface area contributed by atoms with Gasteiger partial charge in [-0.3, -0.25) is 0 Å². The van der Waals surface area contributed by atoms with Gasteiger partial charge in [0.1, 0.15) is 12.4 Å². The van der Waals surface area contributed by atoms with Crippen LogP contribution in [-0.2, 0) is 12.5 Å². The largest absolute Gasteiger partial charge is 0.493 e. The number of rotatable bonds is 5. The fourth-order valence-corrected chi connectivity index (χ4v) is 2.12. The van der Waals surface area contributed by atoms with Crippen LogP contribution in [-0.4, -0.2) is 7.11 Å². The molecule has 0 unspecified atom stereocenters. The van der Waals surface area contributed by atoms with Gasteiger partial charge in [0.2, 0.25) is 0 Å². The van der Waals surface area contributed by atoms with Crippen molar-refractivity contribution in [2.75, 3.05) is 7.11 Å². The Balaban J connectivity index is 2.19. The Hall–Kier alpha value is -1.45. The minimum Gasteiger partial charge on any atom is -0.493 e. The fourth-order valence-electron chi connectivity index (χ4n) is 1.73. The normalized spacial score (nSPS) is 10.4. The summed E-state index contributed by atoms with van der Waals surface area (Å²) in [7, 11) is 1.54. The van der Waals surface area contributed by atoms with E-state index < -0.39 is 5.82 Å². The summed E-state index contributed by atoms with van der Waals surface area (Å²) in [5.41, 5.74) is 1.23. The summed E-state index contributed by atoms with van der Waals surface area (Å²) in [5.74, 6) is 1.06. The van der Waals surface area contributed by atoms with Crippen molar-refractivity contribution >= 4 is 23.2 Å². The van der Waals surface area contributed by atoms with Gasteiger partial charge in [0.25, 0.3) is 0 Å². The lowest BCUT2D eigenvalue weighted by atomic mass is 10.2. The van der Waals surface area contributed by atoms with Crippen molar-refractivity contribution < 1.29 is 13.9 Å². The van der Waals surface area contributed by atoms with Crippen molar-refractivity contribution in [3.8, 4) is 11.5 Å². The maximum atomic E-state index is 13.6. The second-order valence-electron chi connectivity index (χ2n) is 4.11. The maximum absolute atomic E-state index is 13.6. The minimum atomic E-state index is -0.395. The van der Waals surface area contributed by atoms with Crippen LogP contribution in [0.2, 0.25) is 5.02 Å². The zero-order chi connectivity index (χ0) is 14.5. The molecule has 0 atom stereocenters. The Bertz CT molecular complexity index is 582. The van der Waals surface area contributed by atoms with E-state index >= 15 is 0 Å². The molecule has 106 valence electrons. The van der Waals surface area contributed by atoms with Crippen molar-refractivity contribution in [2.45, 2.75) is 12.5 Å². The number of halogens is 3. The third-order valence-corrected chi connectivity index (χ3v) is 3.48. The molecule has 0 saturated heterocycles. The maximum Gasteiger partial charge on any atom is 0.161 e. The first-order valence-electron chi connectivity index (χ1n) is 5.94. The smallest absolute Gasteiger partial charge is 0.161 e. The highest BCUT2D eigenvalue weighted by molar-refractivity contribution is 6.31. The summed E-state index contributed by atoms with van der Waals surface area (Å²) < 4.78 is 24.5. The van der Waals surface area contributed by atoms with Crippen molar-refractivity contribution in [1.29, 1.82) is 0 Å². The van der Waals surface area contributed by atoms with E-state index in [0.717, 1.165) is 5.56 Å². The van der Waals surface area contributed by atoms with Crippen LogP contribution in [0.1, 0.15) is 11.1 Å². The Morgan fingerprint density at radius 2 is 1.95 bits per heavy atom. The molecule has 0 spiro atoms. The van der Waals surface area contributed by atoms with Gasteiger partial charge in [-0.05, 0) is 29.8 Å². The second-order valence-corrected chi connectivity index (χ2v) is 4.78. The van der Waals surface area contributed by atoms with E-state index in [1.54, 1.807) is 24.3 Å². The van der Waals surface area contributed by atoms with Gasteiger partial charge < -0.3 is 9.47 Å². The second kappa shape index (κ2) is 6.82. The topological polar surface area (TPSA) is 18.5 Å². The standard InChI is InChI=1S/C15H13Cl2FO2/c1-19-15-7-10(8-16)5-6-14(15)20-9-11-12(17)3-2-4-13(11)18/h2-7H,8-9H2,1H3. The number of hydrogen-bond donors (Lipinski definition) is 0. The van der Waals surface area contributed by atoms with E-state index in [1.165, 1.54) is 13.2 Å². The van der Waals surface area contributed by atoms with Crippen LogP contribution in [0.4, 0.5) is 4.39 Å². The molecule has 20 heavy (non-hydrogen) atoms. The molecule has 0 saturated carbocycles. The van der Waals surface area contributed by atoms with Gasteiger partial charge in [-0.2, -0.15) is 0 Å². The van der Waals surface area contributed by atoms with Crippen LogP contribution >= 0.6 is 23.2 Å². The Morgan fingerprint density at radius 1 is 1.15 bits per heavy atom. The third-order valence-electron chi connectivity index (χ3n) is 2.82. The average Bonchev–Trinajstić information content (AvgIpc) is 2.46. The first-order valence-corrected chi connectivity index (χ1v) is 6.85. The average molecular weight is 315 g/mol. The van der Waals surface area contributed by atoms with E-state index in [-0.39, 0.29) is 6.61 Å². The molecule has 0 amide bonds. The van der Waals surface area contributed by atoms with Crippen molar-refractivity contribution in [3.63, 3.8) is 0 Å². The molecular formula is C15H13Cl2FO2. The quantitative estimate of drug-likeness (QED) is 0.738. The van der Waals surface area contributed by atoms with E-state index in [0.29, 0.717) is 28.0 Å². The lowest BCUT2D eigenvalue weighted by Gasteiger charge is -2.12. The van der Waals surface area contributed by atoms with Gasteiger partial charge in [-0.25, -0.2) is 4.39 Å². The monoisotopic (exact) mass is 314 g/mol. The van der Waals surface area contributed by atoms with E-state index in [2.05, 4.69) is 0 Å². The number of hydrogen-bond acceptors (Lipinski definition) is 2. The summed E-state index contributed by atoms with van der Waals surface area (Å²) in [6, 6.07) is 9.87. The van der Waals surface area contributed by atoms with Crippen LogP contribution < -0.4 is 9.47 Å². The molecule has 5 heteroatoms. The molecule has 0 bridgehead atoms. The van der Waals surface area contributed by atoms with Crippen molar-refractivity contribution in [3.05, 3.63) is 58.4 Å². The van der Waals surface area contributed by atoms with Gasteiger partial charge in [-0.15, -0.1) is 11.6 Å². The highest BCUT2D eigenvalue weighted by Crippen LogP contribution is 2.30. The number of benzene rings is 2. The molecule has 0 heterocycles. The van der Waals surface area contributed by atoms with Gasteiger partial charge in [0, 0.05) is 11.4 Å². The van der Waals surface area contributed by atoms with Crippen LogP contribution in [0.25, 0.3) is 0 Å². The predicted molar refractivity (Wildman–Crippen MR) is 78.3 cm³/mol. The van der Waals surface area contributed by atoms with Crippen LogP contribution in [0.3, 0.4) is 0 Å². The van der Waals surface area contributed by atoms with Gasteiger partial charge >= 0.3 is 0 Å². The van der Waals surface area contributed by atoms with Crippen LogP contribution in [0.15, 0.2) is 36.4 Å². The van der Waals surface area contributed by atoms with Gasteiger partial charge in [0.15, 0.2) is 11.5 Å². The van der Waals surface area contributed by atoms with Crippen LogP contribution in [0, 0.1) is 5.82 Å². The molecule has 2 aromatic rings. The summed E-state index contributed by atoms with van der Waals surface area (Å²) in [4.78, 5) is 0. The molecule has 0 radical (unpaired) electrons. The molecule has 2 nitrogen and oxygen atoms in total. The highest BCUT2D eigenvalue weighted by atomic mass is 35.5. The molecule has 2 rings (SSSR count). The van der Waals surface area contributed by atoms with E-state index in [9.17, 15) is 4.39 Å². The fraction of sp³-hybridized carbons (Fsp3) is 0.200. The summed E-state index contributed by atoms with van der Waals surface area (Å²) in [5, 5.41) is 0.335. The zero-order valence-electron chi connectivity index (χ0n) is 10.8. The van der Waals surface area contributed by atoms with Gasteiger partial charge in [-0.1, -0.05) is 23.7 Å². The zero-order valence-corrected chi connectivity index (χ0v) is 12.3. The van der Waals surface area contributed by atoms with E-state index in [4.69, 9.17) is 32.7 Å². The van der Waals surface area contributed by atoms with Gasteiger partial charge in [0.05, 0.1) is 12.1 Å². The molecule has 0 N–H and O–H groups in total. The lowest BCUT2D eigenvalue weighted by Crippen LogP contribution is -2.01. The lowest BCUT2D eigenvalue weighted by molar-refractivity contribution is 0.279. The Kier molecular flexibility index (Phi) is 5.10. The molecule has 0 aromatic heterocycles. The molecule has 0 fully saturated rings. The highest BCUT2D eigenvalue weighted by Gasteiger charge is 2.10. The predicted octanol–water partition coefficient (Wildman–Crippen LogP) is 4.81. The SMILES string of the molecule is COc1cc(CCl)ccc1OCc1c(F)cccc1Cl. The molecular weight excluding hydrogens is 302 g/mol. The summed E-state index contributed by atoms with van der Waals surface area (Å²) in [6.45, 7) is 0.0298. The first kappa shape index (κ1) is 14.9. The Morgan fingerprint density at radius 3 is 2.60 bits per heavy atom. The van der Waals surface area contributed by atoms with Crippen LogP contribution in [0.5, 0.6) is 11.5 Å². The third kappa shape index (κ3) is 3.35. The molecule has 2 aromatic carbocycles. The van der Waals surface area contributed by atoms with E-state index in [1.807, 2.05) is 6.07 Å².